The number of nitrogens with one attached hydrogen (secondary N) is 1. The number of ether oxygens (including phenoxy) is 1. The van der Waals surface area contributed by atoms with Crippen molar-refractivity contribution in [3.63, 3.8) is 0 Å². The molecule has 1 heterocycles. The Morgan fingerprint density at radius 1 is 1.67 bits per heavy atom. The molecule has 4 nitrogen and oxygen atoms in total. The van der Waals surface area contributed by atoms with Gasteiger partial charge in [-0.15, -0.1) is 0 Å². The van der Waals surface area contributed by atoms with Crippen LogP contribution in [0.4, 0.5) is 0 Å². The van der Waals surface area contributed by atoms with Crippen molar-refractivity contribution < 1.29 is 9.53 Å². The number of hydrogen-bond donors (Lipinski definition) is 2. The molecule has 1 unspecified atom stereocenters. The number of rotatable bonds is 4. The van der Waals surface area contributed by atoms with Crippen LogP contribution in [0.25, 0.3) is 0 Å². The van der Waals surface area contributed by atoms with Gasteiger partial charge in [-0.05, 0) is 12.8 Å². The van der Waals surface area contributed by atoms with E-state index in [1.54, 1.807) is 0 Å². The molecule has 1 saturated heterocycles. The standard InChI is InChI=1S/C8H16N2O2/c9-4-3-8(11)10-6-7-2-1-5-12-7/h7H,1-6,9H2,(H,10,11). The fourth-order valence-corrected chi connectivity index (χ4v) is 1.25. The zero-order valence-corrected chi connectivity index (χ0v) is 7.21. The van der Waals surface area contributed by atoms with Gasteiger partial charge in [0.2, 0.25) is 5.91 Å². The summed E-state index contributed by atoms with van der Waals surface area (Å²) in [5.74, 6) is 0.0213. The molecule has 0 aliphatic carbocycles. The molecule has 0 bridgehead atoms. The second-order valence-corrected chi connectivity index (χ2v) is 2.98. The third-order valence-electron chi connectivity index (χ3n) is 1.92. The van der Waals surface area contributed by atoms with Crippen LogP contribution in [0.5, 0.6) is 0 Å². The first-order valence-corrected chi connectivity index (χ1v) is 4.41. The number of carbonyl (C=O) groups excluding carboxylic acids is 1. The Bertz CT molecular complexity index is 144. The van der Waals surface area contributed by atoms with E-state index in [2.05, 4.69) is 5.32 Å². The molecule has 70 valence electrons. The molecule has 1 amide bonds. The van der Waals surface area contributed by atoms with Crippen molar-refractivity contribution >= 4 is 5.91 Å². The Hall–Kier alpha value is -0.610. The van der Waals surface area contributed by atoms with Crippen LogP contribution in [-0.4, -0.2) is 31.7 Å². The lowest BCUT2D eigenvalue weighted by Gasteiger charge is -2.09. The van der Waals surface area contributed by atoms with Crippen molar-refractivity contribution in [2.45, 2.75) is 25.4 Å². The minimum Gasteiger partial charge on any atom is -0.376 e. The maximum Gasteiger partial charge on any atom is 0.221 e. The molecular formula is C8H16N2O2. The highest BCUT2D eigenvalue weighted by molar-refractivity contribution is 5.76. The van der Waals surface area contributed by atoms with Crippen molar-refractivity contribution in [2.24, 2.45) is 5.73 Å². The molecule has 0 spiro atoms. The van der Waals surface area contributed by atoms with Gasteiger partial charge in [-0.3, -0.25) is 4.79 Å². The molecule has 12 heavy (non-hydrogen) atoms. The van der Waals surface area contributed by atoms with Crippen LogP contribution in [0, 0.1) is 0 Å². The molecular weight excluding hydrogens is 156 g/mol. The summed E-state index contributed by atoms with van der Waals surface area (Å²) in [5.41, 5.74) is 5.22. The number of carbonyl (C=O) groups is 1. The molecule has 0 aromatic heterocycles. The first kappa shape index (κ1) is 9.48. The highest BCUT2D eigenvalue weighted by atomic mass is 16.5. The van der Waals surface area contributed by atoms with E-state index in [0.717, 1.165) is 19.4 Å². The summed E-state index contributed by atoms with van der Waals surface area (Å²) >= 11 is 0. The van der Waals surface area contributed by atoms with E-state index in [1.165, 1.54) is 0 Å². The average molecular weight is 172 g/mol. The third-order valence-corrected chi connectivity index (χ3v) is 1.92. The molecule has 3 N–H and O–H groups in total. The molecule has 1 rings (SSSR count). The van der Waals surface area contributed by atoms with Crippen LogP contribution in [0.1, 0.15) is 19.3 Å². The first-order chi connectivity index (χ1) is 5.83. The first-order valence-electron chi connectivity index (χ1n) is 4.41. The van der Waals surface area contributed by atoms with E-state index in [-0.39, 0.29) is 12.0 Å². The summed E-state index contributed by atoms with van der Waals surface area (Å²) < 4.78 is 5.34. The van der Waals surface area contributed by atoms with Crippen molar-refractivity contribution in [3.05, 3.63) is 0 Å². The molecule has 0 aromatic carbocycles. The average Bonchev–Trinajstić information content (AvgIpc) is 2.53. The highest BCUT2D eigenvalue weighted by Gasteiger charge is 2.15. The van der Waals surface area contributed by atoms with E-state index in [1.807, 2.05) is 0 Å². The molecule has 1 aliphatic heterocycles. The molecule has 0 aromatic rings. The molecule has 0 radical (unpaired) electrons. The normalized spacial score (nSPS) is 22.6. The van der Waals surface area contributed by atoms with E-state index < -0.39 is 0 Å². The number of amides is 1. The minimum atomic E-state index is 0.0213. The summed E-state index contributed by atoms with van der Waals surface area (Å²) in [5, 5.41) is 2.78. The van der Waals surface area contributed by atoms with Gasteiger partial charge in [0.15, 0.2) is 0 Å². The molecule has 1 fully saturated rings. The second kappa shape index (κ2) is 5.11. The van der Waals surface area contributed by atoms with Gasteiger partial charge in [0.25, 0.3) is 0 Å². The fourth-order valence-electron chi connectivity index (χ4n) is 1.25. The fraction of sp³-hybridized carbons (Fsp3) is 0.875. The zero-order valence-electron chi connectivity index (χ0n) is 7.21. The van der Waals surface area contributed by atoms with Crippen LogP contribution in [0.15, 0.2) is 0 Å². The van der Waals surface area contributed by atoms with Gasteiger partial charge >= 0.3 is 0 Å². The summed E-state index contributed by atoms with van der Waals surface area (Å²) in [6, 6.07) is 0. The van der Waals surface area contributed by atoms with Crippen LogP contribution < -0.4 is 11.1 Å². The summed E-state index contributed by atoms with van der Waals surface area (Å²) in [6.07, 6.45) is 2.80. The Morgan fingerprint density at radius 3 is 3.08 bits per heavy atom. The van der Waals surface area contributed by atoms with Crippen LogP contribution in [-0.2, 0) is 9.53 Å². The summed E-state index contributed by atoms with van der Waals surface area (Å²) in [6.45, 7) is 1.88. The lowest BCUT2D eigenvalue weighted by atomic mass is 10.2. The molecule has 0 saturated carbocycles. The lowest BCUT2D eigenvalue weighted by molar-refractivity contribution is -0.121. The molecule has 1 aliphatic rings. The van der Waals surface area contributed by atoms with Crippen molar-refractivity contribution in [1.82, 2.24) is 5.32 Å². The number of nitrogens with two attached hydrogens (primary N) is 1. The van der Waals surface area contributed by atoms with Gasteiger partial charge in [0, 0.05) is 26.1 Å². The maximum atomic E-state index is 11.0. The monoisotopic (exact) mass is 172 g/mol. The van der Waals surface area contributed by atoms with E-state index in [0.29, 0.717) is 19.5 Å². The Labute approximate surface area is 72.5 Å². The molecule has 1 atom stereocenters. The Balaban J connectivity index is 2.03. The van der Waals surface area contributed by atoms with Gasteiger partial charge in [-0.25, -0.2) is 0 Å². The maximum absolute atomic E-state index is 11.0. The summed E-state index contributed by atoms with van der Waals surface area (Å²) in [4.78, 5) is 11.0. The zero-order chi connectivity index (χ0) is 8.81. The van der Waals surface area contributed by atoms with Gasteiger partial charge in [-0.2, -0.15) is 0 Å². The van der Waals surface area contributed by atoms with Crippen LogP contribution >= 0.6 is 0 Å². The highest BCUT2D eigenvalue weighted by Crippen LogP contribution is 2.10. The quantitative estimate of drug-likeness (QED) is 0.608. The largest absolute Gasteiger partial charge is 0.376 e. The van der Waals surface area contributed by atoms with E-state index in [4.69, 9.17) is 10.5 Å². The van der Waals surface area contributed by atoms with Gasteiger partial charge < -0.3 is 15.8 Å². The van der Waals surface area contributed by atoms with Crippen molar-refractivity contribution in [3.8, 4) is 0 Å². The Kier molecular flexibility index (Phi) is 4.04. The topological polar surface area (TPSA) is 64.4 Å². The van der Waals surface area contributed by atoms with Gasteiger partial charge in [0.05, 0.1) is 6.10 Å². The van der Waals surface area contributed by atoms with Crippen molar-refractivity contribution in [2.75, 3.05) is 19.7 Å². The molecule has 4 heteroatoms. The predicted molar refractivity (Wildman–Crippen MR) is 45.7 cm³/mol. The third kappa shape index (κ3) is 3.19. The van der Waals surface area contributed by atoms with E-state index in [9.17, 15) is 4.79 Å². The van der Waals surface area contributed by atoms with Crippen LogP contribution in [0.3, 0.4) is 0 Å². The summed E-state index contributed by atoms with van der Waals surface area (Å²) in [7, 11) is 0. The van der Waals surface area contributed by atoms with Crippen molar-refractivity contribution in [1.29, 1.82) is 0 Å². The predicted octanol–water partition coefficient (Wildman–Crippen LogP) is -0.370. The minimum absolute atomic E-state index is 0.0213. The second-order valence-electron chi connectivity index (χ2n) is 2.98. The van der Waals surface area contributed by atoms with Crippen LogP contribution in [0.2, 0.25) is 0 Å². The smallest absolute Gasteiger partial charge is 0.221 e. The van der Waals surface area contributed by atoms with E-state index >= 15 is 0 Å². The lowest BCUT2D eigenvalue weighted by Crippen LogP contribution is -2.32. The van der Waals surface area contributed by atoms with Gasteiger partial charge in [0.1, 0.15) is 0 Å². The number of hydrogen-bond acceptors (Lipinski definition) is 3. The Morgan fingerprint density at radius 2 is 2.50 bits per heavy atom. The SMILES string of the molecule is NCCC(=O)NCC1CCCO1. The van der Waals surface area contributed by atoms with Gasteiger partial charge in [-0.1, -0.05) is 0 Å².